The molecule has 13 heteroatoms. The highest BCUT2D eigenvalue weighted by Gasteiger charge is 2.38. The maximum Gasteiger partial charge on any atom is 0.326 e. The SMILES string of the molecule is CC(C)CC(NC(=O)C(NC(=O)C1CCCN1C(=O)C(N)CCCN=C(N)N)C(C)O)C(=O)O. The van der Waals surface area contributed by atoms with E-state index in [1.807, 2.05) is 13.8 Å². The van der Waals surface area contributed by atoms with Gasteiger partial charge in [-0.25, -0.2) is 4.79 Å². The molecule has 0 bridgehead atoms. The molecule has 10 N–H and O–H groups in total. The Morgan fingerprint density at radius 1 is 1.15 bits per heavy atom. The third kappa shape index (κ3) is 9.14. The summed E-state index contributed by atoms with van der Waals surface area (Å²) in [5.74, 6) is -3.09. The zero-order valence-corrected chi connectivity index (χ0v) is 20.1. The molecule has 13 nitrogen and oxygen atoms in total. The van der Waals surface area contributed by atoms with Crippen molar-refractivity contribution in [2.75, 3.05) is 13.1 Å². The summed E-state index contributed by atoms with van der Waals surface area (Å²) < 4.78 is 0. The molecule has 1 aliphatic rings. The van der Waals surface area contributed by atoms with Gasteiger partial charge >= 0.3 is 5.97 Å². The predicted octanol–water partition coefficient (Wildman–Crippen LogP) is -2.16. The van der Waals surface area contributed by atoms with E-state index >= 15 is 0 Å². The summed E-state index contributed by atoms with van der Waals surface area (Å²) in [4.78, 5) is 55.1. The van der Waals surface area contributed by atoms with Crippen molar-refractivity contribution in [3.63, 3.8) is 0 Å². The molecule has 0 aromatic heterocycles. The second kappa shape index (κ2) is 13.7. The summed E-state index contributed by atoms with van der Waals surface area (Å²) in [7, 11) is 0. The largest absolute Gasteiger partial charge is 0.480 e. The first kappa shape index (κ1) is 29.1. The van der Waals surface area contributed by atoms with Crippen LogP contribution in [0.15, 0.2) is 4.99 Å². The highest BCUT2D eigenvalue weighted by Crippen LogP contribution is 2.19. The fourth-order valence-electron chi connectivity index (χ4n) is 3.77. The number of nitrogens with one attached hydrogen (secondary N) is 2. The number of amides is 3. The molecule has 5 unspecified atom stereocenters. The molecule has 5 atom stereocenters. The molecule has 34 heavy (non-hydrogen) atoms. The second-order valence-corrected chi connectivity index (χ2v) is 9.00. The lowest BCUT2D eigenvalue weighted by molar-refractivity contribution is -0.144. The highest BCUT2D eigenvalue weighted by atomic mass is 16.4. The van der Waals surface area contributed by atoms with Crippen molar-refractivity contribution in [1.29, 1.82) is 0 Å². The Kier molecular flexibility index (Phi) is 11.7. The number of guanidine groups is 1. The number of nitrogens with zero attached hydrogens (tertiary/aromatic N) is 2. The van der Waals surface area contributed by atoms with E-state index in [9.17, 15) is 29.4 Å². The number of carbonyl (C=O) groups excluding carboxylic acids is 3. The highest BCUT2D eigenvalue weighted by molar-refractivity contribution is 5.94. The van der Waals surface area contributed by atoms with Crippen LogP contribution in [0.4, 0.5) is 0 Å². The first-order valence-corrected chi connectivity index (χ1v) is 11.5. The summed E-state index contributed by atoms with van der Waals surface area (Å²) in [6.07, 6.45) is 0.657. The third-order valence-electron chi connectivity index (χ3n) is 5.51. The Bertz CT molecular complexity index is 754. The molecular weight excluding hydrogens is 446 g/mol. The van der Waals surface area contributed by atoms with Gasteiger partial charge in [-0.2, -0.15) is 0 Å². The van der Waals surface area contributed by atoms with E-state index in [1.165, 1.54) is 11.8 Å². The van der Waals surface area contributed by atoms with E-state index in [-0.39, 0.29) is 18.3 Å². The predicted molar refractivity (Wildman–Crippen MR) is 125 cm³/mol. The first-order chi connectivity index (χ1) is 15.8. The molecule has 0 aromatic rings. The molecule has 0 spiro atoms. The van der Waals surface area contributed by atoms with Gasteiger partial charge in [0.2, 0.25) is 17.7 Å². The maximum absolute atomic E-state index is 12.9. The number of carboxylic acids is 1. The van der Waals surface area contributed by atoms with Gasteiger partial charge in [0, 0.05) is 13.1 Å². The van der Waals surface area contributed by atoms with Crippen LogP contribution in [0.5, 0.6) is 0 Å². The van der Waals surface area contributed by atoms with Crippen LogP contribution in [0, 0.1) is 5.92 Å². The van der Waals surface area contributed by atoms with Gasteiger partial charge in [-0.1, -0.05) is 13.8 Å². The summed E-state index contributed by atoms with van der Waals surface area (Å²) in [5.41, 5.74) is 16.5. The Balaban J connectivity index is 2.80. The van der Waals surface area contributed by atoms with Crippen molar-refractivity contribution < 1.29 is 29.4 Å². The lowest BCUT2D eigenvalue weighted by Crippen LogP contribution is -2.59. The van der Waals surface area contributed by atoms with E-state index in [4.69, 9.17) is 17.2 Å². The third-order valence-corrected chi connectivity index (χ3v) is 5.51. The molecule has 0 radical (unpaired) electrons. The van der Waals surface area contributed by atoms with Crippen LogP contribution in [0.1, 0.15) is 52.9 Å². The topological polar surface area (TPSA) is 226 Å². The number of aliphatic hydroxyl groups excluding tert-OH is 1. The van der Waals surface area contributed by atoms with Crippen LogP contribution in [-0.4, -0.2) is 88.1 Å². The number of rotatable bonds is 13. The van der Waals surface area contributed by atoms with E-state index < -0.39 is 54.0 Å². The zero-order valence-electron chi connectivity index (χ0n) is 20.1. The average molecular weight is 486 g/mol. The van der Waals surface area contributed by atoms with Gasteiger partial charge in [0.25, 0.3) is 0 Å². The summed E-state index contributed by atoms with van der Waals surface area (Å²) in [6, 6.07) is -4.23. The van der Waals surface area contributed by atoms with Gasteiger partial charge in [-0.15, -0.1) is 0 Å². The number of carboxylic acid groups (broad SMARTS) is 1. The van der Waals surface area contributed by atoms with Crippen LogP contribution in [0.25, 0.3) is 0 Å². The summed E-state index contributed by atoms with van der Waals surface area (Å²) in [5, 5.41) is 24.3. The maximum atomic E-state index is 12.9. The molecule has 1 saturated heterocycles. The van der Waals surface area contributed by atoms with E-state index in [1.54, 1.807) is 0 Å². The number of hydrogen-bond acceptors (Lipinski definition) is 7. The van der Waals surface area contributed by atoms with Gasteiger partial charge in [0.05, 0.1) is 12.1 Å². The summed E-state index contributed by atoms with van der Waals surface area (Å²) >= 11 is 0. The monoisotopic (exact) mass is 485 g/mol. The minimum absolute atomic E-state index is 0.00252. The minimum Gasteiger partial charge on any atom is -0.480 e. The molecule has 0 saturated carbocycles. The van der Waals surface area contributed by atoms with Gasteiger partial charge in [0.1, 0.15) is 18.1 Å². The normalized spacial score (nSPS) is 19.1. The number of hydrogen-bond donors (Lipinski definition) is 7. The van der Waals surface area contributed by atoms with Crippen molar-refractivity contribution in [3.8, 4) is 0 Å². The quantitative estimate of drug-likeness (QED) is 0.0854. The van der Waals surface area contributed by atoms with Crippen LogP contribution in [-0.2, 0) is 19.2 Å². The Morgan fingerprint density at radius 3 is 2.32 bits per heavy atom. The summed E-state index contributed by atoms with van der Waals surface area (Å²) in [6.45, 7) is 5.60. The van der Waals surface area contributed by atoms with Gasteiger partial charge in [-0.05, 0) is 44.9 Å². The molecule has 1 fully saturated rings. The number of aliphatic hydroxyl groups is 1. The van der Waals surface area contributed by atoms with Crippen LogP contribution >= 0.6 is 0 Å². The van der Waals surface area contributed by atoms with Gasteiger partial charge in [0.15, 0.2) is 5.96 Å². The van der Waals surface area contributed by atoms with Crippen molar-refractivity contribution >= 4 is 29.7 Å². The molecular formula is C21H39N7O6. The first-order valence-electron chi connectivity index (χ1n) is 11.5. The fraction of sp³-hybridized carbons (Fsp3) is 0.762. The average Bonchev–Trinajstić information content (AvgIpc) is 3.22. The van der Waals surface area contributed by atoms with Crippen molar-refractivity contribution in [1.82, 2.24) is 15.5 Å². The van der Waals surface area contributed by atoms with Gasteiger partial charge < -0.3 is 42.9 Å². The van der Waals surface area contributed by atoms with Crippen molar-refractivity contribution in [2.45, 2.75) is 83.1 Å². The number of aliphatic imine (C=N–C) groups is 1. The van der Waals surface area contributed by atoms with Crippen molar-refractivity contribution in [2.24, 2.45) is 28.1 Å². The van der Waals surface area contributed by atoms with Crippen LogP contribution < -0.4 is 27.8 Å². The Hall–Kier alpha value is -2.93. The minimum atomic E-state index is -1.38. The van der Waals surface area contributed by atoms with E-state index in [0.29, 0.717) is 38.8 Å². The molecule has 194 valence electrons. The molecule has 0 aromatic carbocycles. The number of likely N-dealkylation sites (tertiary alicyclic amines) is 1. The Morgan fingerprint density at radius 2 is 1.79 bits per heavy atom. The van der Waals surface area contributed by atoms with E-state index in [2.05, 4.69) is 15.6 Å². The number of carbonyl (C=O) groups is 4. The fourth-order valence-corrected chi connectivity index (χ4v) is 3.77. The molecule has 1 rings (SSSR count). The smallest absolute Gasteiger partial charge is 0.326 e. The number of nitrogens with two attached hydrogens (primary N) is 3. The molecule has 3 amide bonds. The van der Waals surface area contributed by atoms with Crippen LogP contribution in [0.3, 0.4) is 0 Å². The van der Waals surface area contributed by atoms with Crippen LogP contribution in [0.2, 0.25) is 0 Å². The zero-order chi connectivity index (χ0) is 26.0. The lowest BCUT2D eigenvalue weighted by Gasteiger charge is -2.29. The lowest BCUT2D eigenvalue weighted by atomic mass is 10.0. The molecule has 0 aliphatic carbocycles. The Labute approximate surface area is 199 Å². The standard InChI is InChI=1S/C21H39N7O6/c1-11(2)10-14(20(33)34)26-18(31)16(12(3)29)27-17(30)15-7-5-9-28(15)19(32)13(22)6-4-8-25-21(23)24/h11-16,29H,4-10,22H2,1-3H3,(H,26,31)(H,27,30)(H,33,34)(H4,23,24,25). The molecule has 1 heterocycles. The number of aliphatic carboxylic acids is 1. The van der Waals surface area contributed by atoms with Crippen molar-refractivity contribution in [3.05, 3.63) is 0 Å². The van der Waals surface area contributed by atoms with Gasteiger partial charge in [-0.3, -0.25) is 19.4 Å². The second-order valence-electron chi connectivity index (χ2n) is 9.00. The van der Waals surface area contributed by atoms with E-state index in [0.717, 1.165) is 0 Å². The molecule has 1 aliphatic heterocycles.